The van der Waals surface area contributed by atoms with E-state index in [1.807, 2.05) is 29.8 Å². The molecule has 1 aromatic carbocycles. The third-order valence-corrected chi connectivity index (χ3v) is 6.29. The fourth-order valence-corrected chi connectivity index (χ4v) is 4.22. The number of rotatable bonds is 9. The summed E-state index contributed by atoms with van der Waals surface area (Å²) in [5.41, 5.74) is 8.57. The van der Waals surface area contributed by atoms with Crippen LogP contribution in [0, 0.1) is 11.3 Å². The Hall–Kier alpha value is -4.34. The molecule has 3 N–H and O–H groups in total. The Morgan fingerprint density at radius 1 is 1.30 bits per heavy atom. The average Bonchev–Trinajstić information content (AvgIpc) is 3.23. The number of nitrogens with zero attached hydrogens (tertiary/aromatic N) is 5. The molecule has 0 saturated heterocycles. The maximum atomic E-state index is 13.5. The lowest BCUT2D eigenvalue weighted by molar-refractivity contribution is -0.142. The second-order valence-corrected chi connectivity index (χ2v) is 8.76. The van der Waals surface area contributed by atoms with E-state index < -0.39 is 0 Å². The predicted octanol–water partition coefficient (Wildman–Crippen LogP) is 3.41. The number of aryl methyl sites for hydroxylation is 1. The van der Waals surface area contributed by atoms with Crippen molar-refractivity contribution >= 4 is 40.3 Å². The highest BCUT2D eigenvalue weighted by atomic mass is 16.5. The lowest BCUT2D eigenvalue weighted by Crippen LogP contribution is -2.34. The molecule has 10 nitrogen and oxygen atoms in total. The first-order valence-electron chi connectivity index (χ1n) is 12.3. The van der Waals surface area contributed by atoms with Crippen LogP contribution in [0.2, 0.25) is 0 Å². The Morgan fingerprint density at radius 3 is 2.81 bits per heavy atom. The zero-order chi connectivity index (χ0) is 26.4. The van der Waals surface area contributed by atoms with E-state index >= 15 is 0 Å². The van der Waals surface area contributed by atoms with Crippen LogP contribution in [0.3, 0.4) is 0 Å². The largest absolute Gasteiger partial charge is 0.466 e. The van der Waals surface area contributed by atoms with Crippen molar-refractivity contribution in [2.75, 3.05) is 18.1 Å². The molecular formula is C27H31N7O3. The summed E-state index contributed by atoms with van der Waals surface area (Å²) < 4.78 is 7.00. The van der Waals surface area contributed by atoms with Crippen LogP contribution in [0.1, 0.15) is 42.4 Å². The molecule has 3 aromatic rings. The van der Waals surface area contributed by atoms with E-state index in [9.17, 15) is 9.59 Å². The van der Waals surface area contributed by atoms with Crippen LogP contribution >= 0.6 is 0 Å². The third-order valence-electron chi connectivity index (χ3n) is 6.29. The summed E-state index contributed by atoms with van der Waals surface area (Å²) in [7, 11) is 1.92. The number of anilines is 1. The molecule has 1 unspecified atom stereocenters. The van der Waals surface area contributed by atoms with Crippen LogP contribution in [0.25, 0.3) is 11.0 Å². The molecule has 1 aliphatic carbocycles. The standard InChI is InChI=1S/C27H31N7O3/c1-3-37-25(35)13-15-34(23-6-4-5-14-30-23)27(36)19-9-12-22-21(16-19)32-24(33(22)2)17-31-20-10-7-18(8-11-20)26(28)29/h4-7,9-10,12,14,16,18H,3,8,11,13,15,17H2,1-2H3,(H3,28,29). The summed E-state index contributed by atoms with van der Waals surface area (Å²) in [4.78, 5) is 40.7. The number of pyridine rings is 1. The van der Waals surface area contributed by atoms with Crippen molar-refractivity contribution in [1.82, 2.24) is 14.5 Å². The summed E-state index contributed by atoms with van der Waals surface area (Å²) in [5, 5.41) is 7.59. The van der Waals surface area contributed by atoms with Gasteiger partial charge >= 0.3 is 5.97 Å². The summed E-state index contributed by atoms with van der Waals surface area (Å²) in [5.74, 6) is 0.754. The fraction of sp³-hybridized carbons (Fsp3) is 0.333. The second kappa shape index (κ2) is 11.6. The van der Waals surface area contributed by atoms with Gasteiger partial charge in [0, 0.05) is 37.0 Å². The quantitative estimate of drug-likeness (QED) is 0.262. The number of imidazole rings is 1. The van der Waals surface area contributed by atoms with Crippen LogP contribution in [0.15, 0.2) is 59.7 Å². The molecule has 0 fully saturated rings. The number of hydrogen-bond donors (Lipinski definition) is 2. The fourth-order valence-electron chi connectivity index (χ4n) is 4.22. The summed E-state index contributed by atoms with van der Waals surface area (Å²) >= 11 is 0. The van der Waals surface area contributed by atoms with Crippen molar-refractivity contribution in [2.45, 2.75) is 32.7 Å². The van der Waals surface area contributed by atoms with E-state index in [1.165, 1.54) is 4.90 Å². The van der Waals surface area contributed by atoms with Gasteiger partial charge < -0.3 is 15.0 Å². The number of carbonyl (C=O) groups excluding carboxylic acids is 2. The van der Waals surface area contributed by atoms with E-state index in [4.69, 9.17) is 25.9 Å². The number of aromatic nitrogens is 3. The number of hydrogen-bond acceptors (Lipinski definition) is 7. The smallest absolute Gasteiger partial charge is 0.307 e. The highest BCUT2D eigenvalue weighted by molar-refractivity contribution is 6.07. The molecule has 0 bridgehead atoms. The van der Waals surface area contributed by atoms with Gasteiger partial charge in [0.05, 0.1) is 36.4 Å². The number of nitrogens with two attached hydrogens (primary N) is 1. The van der Waals surface area contributed by atoms with Gasteiger partial charge in [0.1, 0.15) is 11.6 Å². The number of aliphatic imine (C=N–C) groups is 1. The van der Waals surface area contributed by atoms with Gasteiger partial charge in [-0.25, -0.2) is 9.97 Å². The van der Waals surface area contributed by atoms with Gasteiger partial charge in [0.15, 0.2) is 0 Å². The normalized spacial score (nSPS) is 16.2. The molecule has 0 saturated carbocycles. The molecule has 4 rings (SSSR count). The minimum absolute atomic E-state index is 0.0198. The van der Waals surface area contributed by atoms with E-state index in [2.05, 4.69) is 4.98 Å². The van der Waals surface area contributed by atoms with E-state index in [0.29, 0.717) is 23.4 Å². The van der Waals surface area contributed by atoms with Crippen LogP contribution < -0.4 is 10.6 Å². The Labute approximate surface area is 215 Å². The average molecular weight is 502 g/mol. The van der Waals surface area contributed by atoms with Gasteiger partial charge in [-0.2, -0.15) is 0 Å². The van der Waals surface area contributed by atoms with Gasteiger partial charge in [0.2, 0.25) is 0 Å². The van der Waals surface area contributed by atoms with Crippen molar-refractivity contribution in [1.29, 1.82) is 5.41 Å². The number of benzene rings is 1. The molecule has 37 heavy (non-hydrogen) atoms. The Morgan fingerprint density at radius 2 is 2.14 bits per heavy atom. The van der Waals surface area contributed by atoms with Gasteiger partial charge in [-0.1, -0.05) is 12.1 Å². The van der Waals surface area contributed by atoms with Crippen molar-refractivity contribution in [2.24, 2.45) is 23.7 Å². The first-order valence-corrected chi connectivity index (χ1v) is 12.3. The number of esters is 1. The van der Waals surface area contributed by atoms with E-state index in [-0.39, 0.29) is 43.2 Å². The highest BCUT2D eigenvalue weighted by Gasteiger charge is 2.21. The molecule has 1 aliphatic rings. The van der Waals surface area contributed by atoms with E-state index in [1.54, 1.807) is 43.5 Å². The first-order chi connectivity index (χ1) is 17.9. The number of allylic oxidation sites excluding steroid dienone is 1. The maximum Gasteiger partial charge on any atom is 0.307 e. The minimum Gasteiger partial charge on any atom is -0.466 e. The summed E-state index contributed by atoms with van der Waals surface area (Å²) in [6.45, 7) is 2.58. The maximum absolute atomic E-state index is 13.5. The van der Waals surface area contributed by atoms with Gasteiger partial charge in [-0.05, 0) is 56.2 Å². The predicted molar refractivity (Wildman–Crippen MR) is 143 cm³/mol. The van der Waals surface area contributed by atoms with Crippen LogP contribution in [-0.4, -0.2) is 51.1 Å². The number of nitrogens with one attached hydrogen (secondary N) is 1. The molecule has 0 radical (unpaired) electrons. The van der Waals surface area contributed by atoms with E-state index in [0.717, 1.165) is 29.9 Å². The van der Waals surface area contributed by atoms with Crippen LogP contribution in [0.5, 0.6) is 0 Å². The summed E-state index contributed by atoms with van der Waals surface area (Å²) in [6, 6.07) is 10.7. The lowest BCUT2D eigenvalue weighted by atomic mass is 9.94. The SMILES string of the molecule is CCOC(=O)CCN(C(=O)c1ccc2c(c1)nc(CN=C1C=CC(C(=N)N)CC1)n2C)c1ccccn1. The molecular weight excluding hydrogens is 470 g/mol. The van der Waals surface area contributed by atoms with Crippen LogP contribution in [-0.2, 0) is 23.1 Å². The third kappa shape index (κ3) is 6.08. The molecule has 2 aromatic heterocycles. The zero-order valence-corrected chi connectivity index (χ0v) is 21.1. The number of amidine groups is 1. The van der Waals surface area contributed by atoms with Crippen molar-refractivity contribution < 1.29 is 14.3 Å². The van der Waals surface area contributed by atoms with Crippen molar-refractivity contribution in [3.8, 4) is 0 Å². The lowest BCUT2D eigenvalue weighted by Gasteiger charge is -2.21. The number of ether oxygens (including phenoxy) is 1. The summed E-state index contributed by atoms with van der Waals surface area (Å²) in [6.07, 6.45) is 7.07. The van der Waals surface area contributed by atoms with Gasteiger partial charge in [-0.15, -0.1) is 0 Å². The molecule has 10 heteroatoms. The minimum atomic E-state index is -0.368. The van der Waals surface area contributed by atoms with Crippen molar-refractivity contribution in [3.63, 3.8) is 0 Å². The van der Waals surface area contributed by atoms with Crippen molar-refractivity contribution in [3.05, 3.63) is 66.1 Å². The monoisotopic (exact) mass is 501 g/mol. The molecule has 0 spiro atoms. The Kier molecular flexibility index (Phi) is 8.07. The number of amides is 1. The Balaban J connectivity index is 1.55. The Bertz CT molecular complexity index is 1360. The van der Waals surface area contributed by atoms with Crippen LogP contribution in [0.4, 0.5) is 5.82 Å². The molecule has 1 amide bonds. The highest BCUT2D eigenvalue weighted by Crippen LogP contribution is 2.22. The molecule has 2 heterocycles. The van der Waals surface area contributed by atoms with Gasteiger partial charge in [0.25, 0.3) is 5.91 Å². The topological polar surface area (TPSA) is 140 Å². The molecule has 192 valence electrons. The molecule has 1 atom stereocenters. The molecule has 0 aliphatic heterocycles. The number of fused-ring (bicyclic) bond motifs is 1. The zero-order valence-electron chi connectivity index (χ0n) is 21.1. The first kappa shape index (κ1) is 25.7. The number of carbonyl (C=O) groups is 2. The van der Waals surface area contributed by atoms with Gasteiger partial charge in [-0.3, -0.25) is 24.9 Å². The second-order valence-electron chi connectivity index (χ2n) is 8.76.